The van der Waals surface area contributed by atoms with Crippen LogP contribution >= 0.6 is 0 Å². The van der Waals surface area contributed by atoms with Crippen molar-refractivity contribution in [3.63, 3.8) is 0 Å². The van der Waals surface area contributed by atoms with Crippen molar-refractivity contribution in [1.29, 1.82) is 0 Å². The molecule has 1 spiro atoms. The second kappa shape index (κ2) is 5.22. The van der Waals surface area contributed by atoms with Crippen molar-refractivity contribution in [1.82, 2.24) is 0 Å². The van der Waals surface area contributed by atoms with Gasteiger partial charge in [-0.25, -0.2) is 0 Å². The van der Waals surface area contributed by atoms with Crippen LogP contribution in [0.25, 0.3) is 11.3 Å². The van der Waals surface area contributed by atoms with Crippen LogP contribution in [-0.4, -0.2) is 0 Å². The molecule has 2 aromatic rings. The number of rotatable bonds is 1. The molecule has 1 heteroatoms. The summed E-state index contributed by atoms with van der Waals surface area (Å²) < 4.78 is 37.4. The zero-order chi connectivity index (χ0) is 18.7. The van der Waals surface area contributed by atoms with E-state index in [1.54, 1.807) is 0 Å². The van der Waals surface area contributed by atoms with Gasteiger partial charge >= 0.3 is 0 Å². The van der Waals surface area contributed by atoms with Gasteiger partial charge in [-0.2, -0.15) is 4.57 Å². The van der Waals surface area contributed by atoms with Gasteiger partial charge in [0.25, 0.3) is 0 Å². The Kier molecular flexibility index (Phi) is 2.42. The Morgan fingerprint density at radius 2 is 1.82 bits per heavy atom. The van der Waals surface area contributed by atoms with Gasteiger partial charge in [0.2, 0.25) is 5.69 Å². The summed E-state index contributed by atoms with van der Waals surface area (Å²) in [5, 5.41) is 0. The Morgan fingerprint density at radius 1 is 1.05 bits per heavy atom. The predicted octanol–water partition coefficient (Wildman–Crippen LogP) is 4.54. The van der Waals surface area contributed by atoms with E-state index in [0.29, 0.717) is 11.3 Å². The normalized spacial score (nSPS) is 26.6. The summed E-state index contributed by atoms with van der Waals surface area (Å²) in [6.07, 6.45) is 0.786. The quantitative estimate of drug-likeness (QED) is 0.680. The zero-order valence-electron chi connectivity index (χ0n) is 17.4. The highest BCUT2D eigenvalue weighted by molar-refractivity contribution is 5.61. The minimum absolute atomic E-state index is 0.281. The SMILES string of the molecule is [2H]C1([2H])CC2(CCCC2)C([2H])([2H])c2c1ccc(-c1ccccc1C)[n+]2C. The first-order valence-electron chi connectivity index (χ1n) is 10.3. The molecular weight excluding hydrogens is 266 g/mol. The van der Waals surface area contributed by atoms with Gasteiger partial charge in [-0.1, -0.05) is 31.0 Å². The van der Waals surface area contributed by atoms with Crippen molar-refractivity contribution >= 4 is 0 Å². The smallest absolute Gasteiger partial charge is 0.198 e. The van der Waals surface area contributed by atoms with Crippen molar-refractivity contribution in [2.75, 3.05) is 0 Å². The lowest BCUT2D eigenvalue weighted by Crippen LogP contribution is -2.42. The summed E-state index contributed by atoms with van der Waals surface area (Å²) in [4.78, 5) is 0. The minimum Gasteiger partial charge on any atom is -0.198 e. The van der Waals surface area contributed by atoms with E-state index in [2.05, 4.69) is 19.1 Å². The first kappa shape index (κ1) is 10.2. The third kappa shape index (κ3) is 2.18. The first-order valence-corrected chi connectivity index (χ1v) is 8.30. The third-order valence-corrected chi connectivity index (χ3v) is 5.34. The van der Waals surface area contributed by atoms with Crippen LogP contribution in [0, 0.1) is 12.3 Å². The molecule has 1 nitrogen and oxygen atoms in total. The van der Waals surface area contributed by atoms with E-state index in [1.165, 1.54) is 0 Å². The molecule has 2 aliphatic carbocycles. The number of pyridine rings is 1. The Labute approximate surface area is 139 Å². The third-order valence-electron chi connectivity index (χ3n) is 5.34. The van der Waals surface area contributed by atoms with E-state index in [-0.39, 0.29) is 6.42 Å². The summed E-state index contributed by atoms with van der Waals surface area (Å²) in [6, 6.07) is 11.9. The summed E-state index contributed by atoms with van der Waals surface area (Å²) in [5.74, 6) is 0. The molecule has 0 bridgehead atoms. The topological polar surface area (TPSA) is 3.88 Å². The van der Waals surface area contributed by atoms with E-state index in [0.717, 1.165) is 42.5 Å². The lowest BCUT2D eigenvalue weighted by molar-refractivity contribution is -0.669. The molecule has 0 atom stereocenters. The number of benzene rings is 1. The summed E-state index contributed by atoms with van der Waals surface area (Å²) >= 11 is 0. The van der Waals surface area contributed by atoms with Crippen molar-refractivity contribution < 1.29 is 10.1 Å². The van der Waals surface area contributed by atoms with Crippen molar-refractivity contribution in [2.45, 2.75) is 51.8 Å². The van der Waals surface area contributed by atoms with E-state index in [9.17, 15) is 0 Å². The summed E-state index contributed by atoms with van der Waals surface area (Å²) in [6.45, 7) is 2.06. The fourth-order valence-electron chi connectivity index (χ4n) is 3.99. The van der Waals surface area contributed by atoms with E-state index in [4.69, 9.17) is 5.48 Å². The Balaban J connectivity index is 1.99. The largest absolute Gasteiger partial charge is 0.212 e. The number of aryl methyl sites for hydroxylation is 2. The average molecular weight is 296 g/mol. The van der Waals surface area contributed by atoms with Crippen LogP contribution in [0.15, 0.2) is 36.4 Å². The van der Waals surface area contributed by atoms with Crippen molar-refractivity contribution in [3.8, 4) is 11.3 Å². The number of nitrogens with zero attached hydrogens (tertiary/aromatic N) is 1. The van der Waals surface area contributed by atoms with E-state index in [1.807, 2.05) is 35.9 Å². The second-order valence-corrected chi connectivity index (χ2v) is 6.82. The molecule has 1 aromatic heterocycles. The van der Waals surface area contributed by atoms with Gasteiger partial charge in [0, 0.05) is 29.0 Å². The molecule has 0 unspecified atom stereocenters. The van der Waals surface area contributed by atoms with Crippen LogP contribution in [0.4, 0.5) is 0 Å². The summed E-state index contributed by atoms with van der Waals surface area (Å²) in [5.41, 5.74) is 3.59. The molecule has 114 valence electrons. The lowest BCUT2D eigenvalue weighted by atomic mass is 9.72. The molecule has 1 fully saturated rings. The fourth-order valence-corrected chi connectivity index (χ4v) is 3.99. The van der Waals surface area contributed by atoms with Crippen LogP contribution < -0.4 is 4.57 Å². The number of aromatic nitrogens is 1. The van der Waals surface area contributed by atoms with Crippen LogP contribution in [0.5, 0.6) is 0 Å². The highest BCUT2D eigenvalue weighted by Crippen LogP contribution is 2.47. The Bertz CT molecular complexity index is 866. The molecule has 0 N–H and O–H groups in total. The molecule has 0 aliphatic heterocycles. The maximum atomic E-state index is 9.06. The molecule has 0 radical (unpaired) electrons. The van der Waals surface area contributed by atoms with E-state index >= 15 is 0 Å². The van der Waals surface area contributed by atoms with Gasteiger partial charge in [0.05, 0.1) is 0 Å². The molecule has 1 saturated carbocycles. The van der Waals surface area contributed by atoms with Crippen LogP contribution in [0.3, 0.4) is 0 Å². The molecule has 4 rings (SSSR count). The van der Waals surface area contributed by atoms with Gasteiger partial charge in [0.15, 0.2) is 5.69 Å². The van der Waals surface area contributed by atoms with E-state index < -0.39 is 18.2 Å². The van der Waals surface area contributed by atoms with Crippen LogP contribution in [-0.2, 0) is 19.8 Å². The number of fused-ring (bicyclic) bond motifs is 1. The molecule has 1 heterocycles. The Hall–Kier alpha value is -1.63. The molecule has 22 heavy (non-hydrogen) atoms. The van der Waals surface area contributed by atoms with Crippen molar-refractivity contribution in [2.24, 2.45) is 12.5 Å². The molecule has 0 saturated heterocycles. The summed E-state index contributed by atoms with van der Waals surface area (Å²) in [7, 11) is 1.89. The van der Waals surface area contributed by atoms with Crippen LogP contribution in [0.2, 0.25) is 0 Å². The Morgan fingerprint density at radius 3 is 2.59 bits per heavy atom. The maximum Gasteiger partial charge on any atom is 0.212 e. The van der Waals surface area contributed by atoms with Gasteiger partial charge in [0.1, 0.15) is 7.05 Å². The molecule has 0 amide bonds. The monoisotopic (exact) mass is 296 g/mol. The lowest BCUT2D eigenvalue weighted by Gasteiger charge is -2.32. The highest BCUT2D eigenvalue weighted by Gasteiger charge is 2.40. The average Bonchev–Trinajstić information content (AvgIpc) is 3.03. The molecular formula is C21H26N+. The van der Waals surface area contributed by atoms with Gasteiger partial charge < -0.3 is 0 Å². The standard InChI is InChI=1S/C21H26N/c1-16-7-3-4-8-18(16)19-10-9-17-11-14-21(12-5-6-13-21)15-20(17)22(19)2/h3-4,7-10H,5-6,11-15H2,1-2H3/q+1/i11D2,15D2. The van der Waals surface area contributed by atoms with Crippen LogP contribution in [0.1, 0.15) is 54.4 Å². The van der Waals surface area contributed by atoms with Crippen molar-refractivity contribution in [3.05, 3.63) is 53.2 Å². The van der Waals surface area contributed by atoms with Gasteiger partial charge in [-0.15, -0.1) is 0 Å². The predicted molar refractivity (Wildman–Crippen MR) is 90.7 cm³/mol. The highest BCUT2D eigenvalue weighted by atomic mass is 15.0. The molecule has 1 aromatic carbocycles. The van der Waals surface area contributed by atoms with Gasteiger partial charge in [-0.3, -0.25) is 0 Å². The second-order valence-electron chi connectivity index (χ2n) is 6.82. The zero-order valence-corrected chi connectivity index (χ0v) is 13.4. The first-order chi connectivity index (χ1) is 12.2. The maximum absolute atomic E-state index is 9.06. The minimum atomic E-state index is -1.53. The fraction of sp³-hybridized carbons (Fsp3) is 0.476. The molecule has 2 aliphatic rings. The number of hydrogen-bond donors (Lipinski definition) is 0. The number of hydrogen-bond acceptors (Lipinski definition) is 0. The van der Waals surface area contributed by atoms with Gasteiger partial charge in [-0.05, 0) is 55.7 Å².